The Balaban J connectivity index is 0.000000186. The molecule has 328 valence electrons. The van der Waals surface area contributed by atoms with Crippen molar-refractivity contribution in [1.82, 2.24) is 18.6 Å². The van der Waals surface area contributed by atoms with E-state index in [4.69, 9.17) is 0 Å². The third-order valence-electron chi connectivity index (χ3n) is 10.2. The molecule has 0 unspecified atom stereocenters. The Hall–Kier alpha value is -3.76. The predicted molar refractivity (Wildman–Crippen MR) is 243 cm³/mol. The molecule has 0 aliphatic carbocycles. The van der Waals surface area contributed by atoms with E-state index in [0.29, 0.717) is 96.8 Å². The van der Waals surface area contributed by atoms with E-state index >= 15 is 0 Å². The van der Waals surface area contributed by atoms with Crippen LogP contribution in [-0.4, -0.2) is 87.8 Å². The van der Waals surface area contributed by atoms with E-state index in [0.717, 1.165) is 44.9 Å². The average Bonchev–Trinajstić information content (AvgIpc) is 3.95. The van der Waals surface area contributed by atoms with Crippen LogP contribution in [0, 0.1) is 23.3 Å². The molecule has 4 heterocycles. The highest BCUT2D eigenvalue weighted by atomic mass is 79.9. The highest BCUT2D eigenvalue weighted by Gasteiger charge is 2.31. The second-order valence-electron chi connectivity index (χ2n) is 14.5. The molecule has 0 saturated carbocycles. The minimum atomic E-state index is -3.53. The summed E-state index contributed by atoms with van der Waals surface area (Å²) in [7, 11) is -7.06. The zero-order valence-electron chi connectivity index (χ0n) is 32.9. The van der Waals surface area contributed by atoms with Gasteiger partial charge in [0, 0.05) is 92.7 Å². The van der Waals surface area contributed by atoms with Gasteiger partial charge in [-0.25, -0.2) is 44.4 Å². The molecule has 0 atom stereocenters. The molecular weight excluding hydrogens is 1020 g/mol. The van der Waals surface area contributed by atoms with Gasteiger partial charge in [0.25, 0.3) is 0 Å². The van der Waals surface area contributed by atoms with Crippen LogP contribution in [0.5, 0.6) is 0 Å². The fourth-order valence-electron chi connectivity index (χ4n) is 6.86. The minimum absolute atomic E-state index is 0.296. The number of thiazole rings is 2. The summed E-state index contributed by atoms with van der Waals surface area (Å²) < 4.78 is 108. The SMILES string of the molecule is O=S(=O)(c1ccc(CBr)cc1)N1CCN(c2nc(Cc3cc(F)cc(F)c3)cs2)CC1.O=S(=O)(c1ccc(CBr)cc1)N1CCN(c2nc(Cc3ccc(F)c(F)c3)cs2)CC1. The minimum Gasteiger partial charge on any atom is -0.345 e. The lowest BCUT2D eigenvalue weighted by Crippen LogP contribution is -2.48. The number of piperazine rings is 2. The van der Waals surface area contributed by atoms with Crippen LogP contribution in [0.3, 0.4) is 0 Å². The molecule has 62 heavy (non-hydrogen) atoms. The van der Waals surface area contributed by atoms with Gasteiger partial charge in [-0.2, -0.15) is 8.61 Å². The largest absolute Gasteiger partial charge is 0.345 e. The number of anilines is 2. The van der Waals surface area contributed by atoms with E-state index in [9.17, 15) is 34.4 Å². The van der Waals surface area contributed by atoms with Gasteiger partial charge in [-0.05, 0) is 70.8 Å². The van der Waals surface area contributed by atoms with E-state index in [1.54, 1.807) is 42.5 Å². The summed E-state index contributed by atoms with van der Waals surface area (Å²) in [4.78, 5) is 13.9. The van der Waals surface area contributed by atoms with Crippen molar-refractivity contribution in [2.75, 3.05) is 62.2 Å². The zero-order chi connectivity index (χ0) is 44.0. The third-order valence-corrected chi connectivity index (χ3v) is 17.2. The lowest BCUT2D eigenvalue weighted by atomic mass is 10.1. The zero-order valence-corrected chi connectivity index (χ0v) is 39.4. The molecule has 8 rings (SSSR count). The standard InChI is InChI=1S/2C21H20BrF2N3O2S2/c22-13-15-1-4-18(5-2-15)31(28,29)27-9-7-26(8-10-27)21-25-17(14-30-21)11-16-3-6-19(23)20(24)12-16;22-13-15-1-3-20(4-2-15)31(28,29)27-7-5-26(6-8-27)21-25-19(14-30-21)11-16-9-17(23)12-18(24)10-16/h1-6,12,14H,7-11,13H2;1-4,9-10,12,14H,5-8,11,13H2. The maximum Gasteiger partial charge on any atom is 0.243 e. The lowest BCUT2D eigenvalue weighted by Gasteiger charge is -2.33. The molecular formula is C42H40Br2F4N6O4S4. The van der Waals surface area contributed by atoms with Gasteiger partial charge in [0.2, 0.25) is 20.0 Å². The first-order valence-corrected chi connectivity index (χ1v) is 26.2. The van der Waals surface area contributed by atoms with Crippen molar-refractivity contribution in [3.8, 4) is 0 Å². The van der Waals surface area contributed by atoms with E-state index in [1.807, 2.05) is 27.8 Å². The summed E-state index contributed by atoms with van der Waals surface area (Å²) in [5.41, 5.74) is 4.71. The molecule has 2 fully saturated rings. The monoisotopic (exact) mass is 1050 g/mol. The Kier molecular flexibility index (Phi) is 15.2. The number of nitrogens with zero attached hydrogens (tertiary/aromatic N) is 6. The summed E-state index contributed by atoms with van der Waals surface area (Å²) in [6, 6.07) is 21.1. The maximum absolute atomic E-state index is 13.4. The molecule has 2 aliphatic heterocycles. The highest BCUT2D eigenvalue weighted by molar-refractivity contribution is 9.08. The smallest absolute Gasteiger partial charge is 0.243 e. The fraction of sp³-hybridized carbons (Fsp3) is 0.286. The quantitative estimate of drug-likeness (QED) is 0.0885. The Morgan fingerprint density at radius 2 is 0.903 bits per heavy atom. The molecule has 2 aromatic heterocycles. The number of rotatable bonds is 12. The lowest BCUT2D eigenvalue weighted by molar-refractivity contribution is 0.384. The Morgan fingerprint density at radius 3 is 1.31 bits per heavy atom. The van der Waals surface area contributed by atoms with Crippen molar-refractivity contribution in [3.63, 3.8) is 0 Å². The molecule has 0 N–H and O–H groups in total. The van der Waals surface area contributed by atoms with Gasteiger partial charge < -0.3 is 9.80 Å². The summed E-state index contributed by atoms with van der Waals surface area (Å²) in [5.74, 6) is -2.95. The van der Waals surface area contributed by atoms with Gasteiger partial charge in [0.15, 0.2) is 21.9 Å². The molecule has 4 aromatic carbocycles. The van der Waals surface area contributed by atoms with Gasteiger partial charge in [0.05, 0.1) is 21.2 Å². The Morgan fingerprint density at radius 1 is 0.500 bits per heavy atom. The van der Waals surface area contributed by atoms with Crippen molar-refractivity contribution in [1.29, 1.82) is 0 Å². The fourth-order valence-corrected chi connectivity index (χ4v) is 12.2. The van der Waals surface area contributed by atoms with Crippen molar-refractivity contribution in [3.05, 3.63) is 153 Å². The molecule has 2 saturated heterocycles. The van der Waals surface area contributed by atoms with E-state index in [-0.39, 0.29) is 0 Å². The molecule has 0 bridgehead atoms. The molecule has 0 amide bonds. The molecule has 20 heteroatoms. The molecule has 0 spiro atoms. The van der Waals surface area contributed by atoms with Crippen LogP contribution in [0.4, 0.5) is 27.8 Å². The number of hydrogen-bond donors (Lipinski definition) is 0. The molecule has 10 nitrogen and oxygen atoms in total. The van der Waals surface area contributed by atoms with Gasteiger partial charge in [-0.1, -0.05) is 62.2 Å². The van der Waals surface area contributed by atoms with E-state index < -0.39 is 43.3 Å². The first kappa shape index (κ1) is 46.2. The van der Waals surface area contributed by atoms with Crippen LogP contribution in [0.1, 0.15) is 33.6 Å². The van der Waals surface area contributed by atoms with Crippen LogP contribution < -0.4 is 9.80 Å². The van der Waals surface area contributed by atoms with Gasteiger partial charge in [-0.15, -0.1) is 22.7 Å². The summed E-state index contributed by atoms with van der Waals surface area (Å²) in [6.45, 7) is 3.62. The van der Waals surface area contributed by atoms with Crippen LogP contribution in [0.25, 0.3) is 0 Å². The number of aromatic nitrogens is 2. The Bertz CT molecular complexity index is 2670. The van der Waals surface area contributed by atoms with E-state index in [1.165, 1.54) is 49.5 Å². The van der Waals surface area contributed by atoms with Gasteiger partial charge in [0.1, 0.15) is 11.6 Å². The molecule has 2 aliphatic rings. The number of hydrogen-bond acceptors (Lipinski definition) is 10. The van der Waals surface area contributed by atoms with Gasteiger partial charge >= 0.3 is 0 Å². The number of halogens is 6. The normalized spacial score (nSPS) is 15.4. The average molecular weight is 1060 g/mol. The van der Waals surface area contributed by atoms with Crippen LogP contribution >= 0.6 is 54.5 Å². The molecule has 6 aromatic rings. The second-order valence-corrected chi connectivity index (χ2v) is 21.1. The predicted octanol–water partition coefficient (Wildman–Crippen LogP) is 8.84. The van der Waals surface area contributed by atoms with Crippen LogP contribution in [0.2, 0.25) is 0 Å². The van der Waals surface area contributed by atoms with Crippen molar-refractivity contribution in [2.45, 2.75) is 33.3 Å². The third kappa shape index (κ3) is 11.3. The summed E-state index contributed by atoms with van der Waals surface area (Å²) in [5, 5.41) is 6.70. The van der Waals surface area contributed by atoms with E-state index in [2.05, 4.69) is 46.7 Å². The number of sulfonamides is 2. The van der Waals surface area contributed by atoms with Crippen molar-refractivity contribution in [2.24, 2.45) is 0 Å². The van der Waals surface area contributed by atoms with Crippen LogP contribution in [0.15, 0.2) is 105 Å². The second kappa shape index (κ2) is 20.4. The topological polar surface area (TPSA) is 107 Å². The summed E-state index contributed by atoms with van der Waals surface area (Å²) >= 11 is 9.64. The van der Waals surface area contributed by atoms with Crippen LogP contribution in [-0.2, 0) is 43.5 Å². The van der Waals surface area contributed by atoms with Crippen molar-refractivity contribution < 1.29 is 34.4 Å². The first-order chi connectivity index (χ1) is 29.7. The highest BCUT2D eigenvalue weighted by Crippen LogP contribution is 2.28. The van der Waals surface area contributed by atoms with Crippen molar-refractivity contribution >= 4 is 84.8 Å². The number of alkyl halides is 2. The first-order valence-electron chi connectivity index (χ1n) is 19.3. The molecule has 0 radical (unpaired) electrons. The maximum atomic E-state index is 13.4. The Labute approximate surface area is 383 Å². The van der Waals surface area contributed by atoms with Gasteiger partial charge in [-0.3, -0.25) is 0 Å². The number of benzene rings is 4. The summed E-state index contributed by atoms with van der Waals surface area (Å²) in [6.07, 6.45) is 0.746.